The van der Waals surface area contributed by atoms with Gasteiger partial charge >= 0.3 is 6.03 Å². The van der Waals surface area contributed by atoms with Crippen LogP contribution in [-0.4, -0.2) is 69.3 Å². The minimum atomic E-state index is 0.0366. The molecular weight excluding hydrogens is 294 g/mol. The molecule has 2 heterocycles. The molecule has 0 spiro atoms. The highest BCUT2D eigenvalue weighted by Crippen LogP contribution is 2.35. The lowest BCUT2D eigenvalue weighted by Crippen LogP contribution is -2.51. The Kier molecular flexibility index (Phi) is 4.91. The fourth-order valence-corrected chi connectivity index (χ4v) is 3.10. The normalized spacial score (nSPS) is 21.3. The zero-order chi connectivity index (χ0) is 16.2. The van der Waals surface area contributed by atoms with E-state index in [1.807, 2.05) is 17.0 Å². The van der Waals surface area contributed by atoms with E-state index in [0.29, 0.717) is 19.1 Å². The van der Waals surface area contributed by atoms with Crippen molar-refractivity contribution in [1.82, 2.24) is 15.1 Å². The number of carbonyl (C=O) groups excluding carboxylic acids is 1. The van der Waals surface area contributed by atoms with Crippen molar-refractivity contribution in [2.45, 2.75) is 6.42 Å². The van der Waals surface area contributed by atoms with E-state index in [1.54, 1.807) is 7.11 Å². The molecule has 0 bridgehead atoms. The number of urea groups is 1. The number of amides is 2. The second kappa shape index (κ2) is 7.08. The number of fused-ring (bicyclic) bond motifs is 1. The number of likely N-dealkylation sites (N-methyl/N-ethyl adjacent to an activating group) is 1. The number of nitrogens with zero attached hydrogens (tertiary/aromatic N) is 2. The van der Waals surface area contributed by atoms with E-state index in [9.17, 15) is 4.79 Å². The predicted molar refractivity (Wildman–Crippen MR) is 88.2 cm³/mol. The number of ether oxygens (including phenoxy) is 2. The molecule has 1 aromatic rings. The average molecular weight is 319 g/mol. The highest BCUT2D eigenvalue weighted by atomic mass is 16.5. The second-order valence-electron chi connectivity index (χ2n) is 6.31. The molecule has 0 aromatic heterocycles. The summed E-state index contributed by atoms with van der Waals surface area (Å²) in [5.41, 5.74) is 1.15. The van der Waals surface area contributed by atoms with Crippen molar-refractivity contribution >= 4 is 6.03 Å². The molecule has 1 N–H and O–H groups in total. The number of piperazine rings is 1. The number of hydrogen-bond donors (Lipinski definition) is 1. The van der Waals surface area contributed by atoms with Gasteiger partial charge in [0.25, 0.3) is 0 Å². The summed E-state index contributed by atoms with van der Waals surface area (Å²) in [4.78, 5) is 16.4. The maximum absolute atomic E-state index is 12.2. The van der Waals surface area contributed by atoms with Gasteiger partial charge < -0.3 is 24.6 Å². The van der Waals surface area contributed by atoms with Crippen molar-refractivity contribution in [2.24, 2.45) is 5.92 Å². The molecule has 2 amide bonds. The summed E-state index contributed by atoms with van der Waals surface area (Å²) in [5.74, 6) is 1.92. The summed E-state index contributed by atoms with van der Waals surface area (Å²) in [6.07, 6.45) is 0.898. The van der Waals surface area contributed by atoms with E-state index in [-0.39, 0.29) is 6.03 Å². The van der Waals surface area contributed by atoms with Crippen LogP contribution in [0.4, 0.5) is 4.79 Å². The van der Waals surface area contributed by atoms with Gasteiger partial charge in [0.15, 0.2) is 11.5 Å². The number of para-hydroxylation sites is 1. The topological polar surface area (TPSA) is 54.0 Å². The number of benzene rings is 1. The Labute approximate surface area is 137 Å². The van der Waals surface area contributed by atoms with Crippen LogP contribution >= 0.6 is 0 Å². The highest BCUT2D eigenvalue weighted by molar-refractivity contribution is 5.74. The van der Waals surface area contributed by atoms with Crippen molar-refractivity contribution < 1.29 is 14.3 Å². The first kappa shape index (κ1) is 15.9. The lowest BCUT2D eigenvalue weighted by Gasteiger charge is -2.33. The highest BCUT2D eigenvalue weighted by Gasteiger charge is 2.24. The number of methoxy groups -OCH3 is 1. The molecule has 2 aliphatic heterocycles. The van der Waals surface area contributed by atoms with E-state index >= 15 is 0 Å². The van der Waals surface area contributed by atoms with Gasteiger partial charge in [0.1, 0.15) is 0 Å². The van der Waals surface area contributed by atoms with Gasteiger partial charge in [-0.15, -0.1) is 0 Å². The Morgan fingerprint density at radius 3 is 2.87 bits per heavy atom. The Morgan fingerprint density at radius 1 is 1.35 bits per heavy atom. The molecule has 1 aromatic carbocycles. The van der Waals surface area contributed by atoms with Crippen LogP contribution in [0.1, 0.15) is 5.56 Å². The van der Waals surface area contributed by atoms with Gasteiger partial charge in [-0.2, -0.15) is 0 Å². The average Bonchev–Trinajstić information content (AvgIpc) is 2.59. The van der Waals surface area contributed by atoms with Gasteiger partial charge in [-0.3, -0.25) is 0 Å². The molecule has 1 atom stereocenters. The van der Waals surface area contributed by atoms with Crippen molar-refractivity contribution in [3.05, 3.63) is 23.8 Å². The summed E-state index contributed by atoms with van der Waals surface area (Å²) < 4.78 is 11.2. The number of carbonyl (C=O) groups is 1. The third-order valence-corrected chi connectivity index (χ3v) is 4.58. The molecule has 126 valence electrons. The zero-order valence-corrected chi connectivity index (χ0v) is 13.9. The van der Waals surface area contributed by atoms with Crippen LogP contribution in [0.5, 0.6) is 11.5 Å². The molecule has 0 unspecified atom stereocenters. The number of nitrogens with one attached hydrogen (secondary N) is 1. The molecule has 1 fully saturated rings. The molecule has 23 heavy (non-hydrogen) atoms. The van der Waals surface area contributed by atoms with E-state index in [2.05, 4.69) is 23.3 Å². The SMILES string of the molecule is COc1cccc2c1OC[C@H](CNC(=O)N1CCN(C)CC1)C2. The summed E-state index contributed by atoms with van der Waals surface area (Å²) >= 11 is 0. The van der Waals surface area contributed by atoms with Crippen molar-refractivity contribution in [3.8, 4) is 11.5 Å². The van der Waals surface area contributed by atoms with Crippen LogP contribution in [0.2, 0.25) is 0 Å². The van der Waals surface area contributed by atoms with Crippen LogP contribution < -0.4 is 14.8 Å². The summed E-state index contributed by atoms with van der Waals surface area (Å²) in [7, 11) is 3.74. The van der Waals surface area contributed by atoms with E-state index in [0.717, 1.165) is 49.7 Å². The Morgan fingerprint density at radius 2 is 2.13 bits per heavy atom. The van der Waals surface area contributed by atoms with Gasteiger partial charge in [-0.05, 0) is 25.1 Å². The molecule has 6 nitrogen and oxygen atoms in total. The molecule has 0 saturated carbocycles. The van der Waals surface area contributed by atoms with E-state index in [1.165, 1.54) is 0 Å². The fraction of sp³-hybridized carbons (Fsp3) is 0.588. The molecular formula is C17H25N3O3. The van der Waals surface area contributed by atoms with Crippen LogP contribution in [0.15, 0.2) is 18.2 Å². The molecule has 3 rings (SSSR count). The van der Waals surface area contributed by atoms with Crippen LogP contribution in [0.3, 0.4) is 0 Å². The van der Waals surface area contributed by atoms with Crippen molar-refractivity contribution in [2.75, 3.05) is 53.5 Å². The number of hydrogen-bond acceptors (Lipinski definition) is 4. The molecule has 2 aliphatic rings. The summed E-state index contributed by atoms with van der Waals surface area (Å²) in [6, 6.07) is 5.99. The first-order chi connectivity index (χ1) is 11.2. The Bertz CT molecular complexity index is 556. The standard InChI is InChI=1S/C17H25N3O3/c1-19-6-8-20(9-7-19)17(21)18-11-13-10-14-4-3-5-15(22-2)16(14)23-12-13/h3-5,13H,6-12H2,1-2H3,(H,18,21)/t13-/m0/s1. The van der Waals surface area contributed by atoms with E-state index in [4.69, 9.17) is 9.47 Å². The van der Waals surface area contributed by atoms with Crippen molar-refractivity contribution in [1.29, 1.82) is 0 Å². The lowest BCUT2D eigenvalue weighted by molar-refractivity contribution is 0.150. The number of rotatable bonds is 3. The first-order valence-electron chi connectivity index (χ1n) is 8.17. The van der Waals surface area contributed by atoms with Crippen LogP contribution in [0, 0.1) is 5.92 Å². The fourth-order valence-electron chi connectivity index (χ4n) is 3.10. The Balaban J connectivity index is 1.51. The van der Waals surface area contributed by atoms with Crippen LogP contribution in [0.25, 0.3) is 0 Å². The smallest absolute Gasteiger partial charge is 0.317 e. The van der Waals surface area contributed by atoms with Gasteiger partial charge in [-0.1, -0.05) is 12.1 Å². The second-order valence-corrected chi connectivity index (χ2v) is 6.31. The molecule has 0 radical (unpaired) electrons. The zero-order valence-electron chi connectivity index (χ0n) is 13.9. The summed E-state index contributed by atoms with van der Waals surface area (Å²) in [5, 5.41) is 3.05. The van der Waals surface area contributed by atoms with Crippen LogP contribution in [-0.2, 0) is 6.42 Å². The maximum atomic E-state index is 12.2. The van der Waals surface area contributed by atoms with Gasteiger partial charge in [-0.25, -0.2) is 4.79 Å². The minimum Gasteiger partial charge on any atom is -0.493 e. The third-order valence-electron chi connectivity index (χ3n) is 4.58. The first-order valence-corrected chi connectivity index (χ1v) is 8.17. The predicted octanol–water partition coefficient (Wildman–Crippen LogP) is 1.20. The van der Waals surface area contributed by atoms with Gasteiger partial charge in [0.05, 0.1) is 13.7 Å². The molecule has 6 heteroatoms. The third kappa shape index (κ3) is 3.69. The van der Waals surface area contributed by atoms with E-state index < -0.39 is 0 Å². The quantitative estimate of drug-likeness (QED) is 0.910. The maximum Gasteiger partial charge on any atom is 0.317 e. The molecule has 1 saturated heterocycles. The minimum absolute atomic E-state index is 0.0366. The van der Waals surface area contributed by atoms with Gasteiger partial charge in [0, 0.05) is 38.6 Å². The van der Waals surface area contributed by atoms with Gasteiger partial charge in [0.2, 0.25) is 0 Å². The van der Waals surface area contributed by atoms with Crippen molar-refractivity contribution in [3.63, 3.8) is 0 Å². The lowest BCUT2D eigenvalue weighted by atomic mass is 9.96. The Hall–Kier alpha value is -1.95. The molecule has 0 aliphatic carbocycles. The monoisotopic (exact) mass is 319 g/mol. The largest absolute Gasteiger partial charge is 0.493 e. The summed E-state index contributed by atoms with van der Waals surface area (Å²) in [6.45, 7) is 4.71.